The Kier molecular flexibility index (Phi) is 7.62. The van der Waals surface area contributed by atoms with Gasteiger partial charge in [0.15, 0.2) is 17.4 Å². The van der Waals surface area contributed by atoms with Crippen molar-refractivity contribution in [1.82, 2.24) is 0 Å². The average molecular weight is 402 g/mol. The van der Waals surface area contributed by atoms with Crippen LogP contribution in [0.3, 0.4) is 0 Å². The fourth-order valence-corrected chi connectivity index (χ4v) is 3.91. The van der Waals surface area contributed by atoms with Crippen molar-refractivity contribution in [2.75, 3.05) is 13.2 Å². The minimum absolute atomic E-state index is 0.0445. The highest BCUT2D eigenvalue weighted by Crippen LogP contribution is 2.32. The van der Waals surface area contributed by atoms with Crippen molar-refractivity contribution < 1.29 is 23.0 Å². The molecule has 0 radical (unpaired) electrons. The van der Waals surface area contributed by atoms with Crippen LogP contribution in [0.1, 0.15) is 51.0 Å². The number of halogens is 2. The number of hydrogen-bond donors (Lipinski definition) is 0. The predicted octanol–water partition coefficient (Wildman–Crippen LogP) is 6.09. The van der Waals surface area contributed by atoms with Crippen molar-refractivity contribution in [2.45, 2.75) is 51.9 Å². The summed E-state index contributed by atoms with van der Waals surface area (Å²) < 4.78 is 39.0. The second-order valence-electron chi connectivity index (χ2n) is 7.58. The Hall–Kier alpha value is -2.43. The molecule has 0 amide bonds. The summed E-state index contributed by atoms with van der Waals surface area (Å²) in [5.41, 5.74) is 2.49. The van der Waals surface area contributed by atoms with Crippen LogP contribution >= 0.6 is 0 Å². The van der Waals surface area contributed by atoms with E-state index < -0.39 is 17.4 Å². The van der Waals surface area contributed by atoms with Crippen molar-refractivity contribution in [2.24, 2.45) is 5.92 Å². The van der Waals surface area contributed by atoms with Crippen molar-refractivity contribution in [3.63, 3.8) is 0 Å². The summed E-state index contributed by atoms with van der Waals surface area (Å²) in [4.78, 5) is 11.3. The van der Waals surface area contributed by atoms with E-state index in [0.29, 0.717) is 24.5 Å². The number of hydrogen-bond acceptors (Lipinski definition) is 3. The third kappa shape index (κ3) is 6.02. The maximum absolute atomic E-state index is 14.5. The fourth-order valence-electron chi connectivity index (χ4n) is 3.91. The molecule has 1 aliphatic rings. The van der Waals surface area contributed by atoms with Gasteiger partial charge >= 0.3 is 5.97 Å². The fraction of sp³-hybridized carbons (Fsp3) is 0.458. The zero-order valence-electron chi connectivity index (χ0n) is 16.9. The summed E-state index contributed by atoms with van der Waals surface area (Å²) in [5.74, 6) is -1.51. The van der Waals surface area contributed by atoms with Crippen LogP contribution < -0.4 is 4.74 Å². The Labute approximate surface area is 171 Å². The van der Waals surface area contributed by atoms with E-state index in [9.17, 15) is 13.6 Å². The van der Waals surface area contributed by atoms with E-state index in [1.165, 1.54) is 43.4 Å². The van der Waals surface area contributed by atoms with Crippen LogP contribution in [0.15, 0.2) is 36.4 Å². The normalized spacial score (nSPS) is 14.2. The van der Waals surface area contributed by atoms with Crippen molar-refractivity contribution in [1.29, 1.82) is 0 Å². The molecule has 156 valence electrons. The Balaban J connectivity index is 1.64. The van der Waals surface area contributed by atoms with Crippen LogP contribution in [0.25, 0.3) is 11.1 Å². The summed E-state index contributed by atoms with van der Waals surface area (Å²) >= 11 is 0. The Bertz CT molecular complexity index is 806. The van der Waals surface area contributed by atoms with E-state index >= 15 is 0 Å². The van der Waals surface area contributed by atoms with Crippen LogP contribution in [0, 0.1) is 17.6 Å². The van der Waals surface area contributed by atoms with Gasteiger partial charge in [0.05, 0.1) is 13.2 Å². The van der Waals surface area contributed by atoms with Crippen LogP contribution in [0.5, 0.6) is 5.75 Å². The number of carbonyl (C=O) groups excluding carboxylic acids is 1. The lowest BCUT2D eigenvalue weighted by molar-refractivity contribution is -0.143. The maximum Gasteiger partial charge on any atom is 0.305 e. The zero-order valence-corrected chi connectivity index (χ0v) is 16.9. The van der Waals surface area contributed by atoms with Gasteiger partial charge < -0.3 is 9.47 Å². The van der Waals surface area contributed by atoms with E-state index in [1.807, 2.05) is 18.2 Å². The van der Waals surface area contributed by atoms with E-state index in [4.69, 9.17) is 9.47 Å². The lowest BCUT2D eigenvalue weighted by Crippen LogP contribution is -2.08. The van der Waals surface area contributed by atoms with Gasteiger partial charge in [-0.15, -0.1) is 0 Å². The predicted molar refractivity (Wildman–Crippen MR) is 109 cm³/mol. The molecule has 0 bridgehead atoms. The molecule has 3 nitrogen and oxygen atoms in total. The lowest BCUT2D eigenvalue weighted by Gasteiger charge is -2.12. The standard InChI is InChI=1S/C24H28F2O3/c1-2-28-23(27)11-6-12-29-24-21(25)15-20(16-22(24)26)19-10-5-9-18(14-19)13-17-7-3-4-8-17/h5,9-10,14-17H,2-4,6-8,11-13H2,1H3. The van der Waals surface area contributed by atoms with Gasteiger partial charge in [0.25, 0.3) is 0 Å². The van der Waals surface area contributed by atoms with Crippen molar-refractivity contribution >= 4 is 5.97 Å². The molecular weight excluding hydrogens is 374 g/mol. The quantitative estimate of drug-likeness (QED) is 0.376. The van der Waals surface area contributed by atoms with E-state index in [0.717, 1.165) is 12.0 Å². The molecule has 0 N–H and O–H groups in total. The second kappa shape index (κ2) is 10.4. The highest BCUT2D eigenvalue weighted by Gasteiger charge is 2.17. The molecule has 0 aliphatic heterocycles. The lowest BCUT2D eigenvalue weighted by atomic mass is 9.95. The summed E-state index contributed by atoms with van der Waals surface area (Å²) in [7, 11) is 0. The molecule has 1 aliphatic carbocycles. The van der Waals surface area contributed by atoms with Crippen molar-refractivity contribution in [3.8, 4) is 16.9 Å². The highest BCUT2D eigenvalue weighted by atomic mass is 19.1. The van der Waals surface area contributed by atoms with Gasteiger partial charge in [-0.1, -0.05) is 49.9 Å². The van der Waals surface area contributed by atoms with Gasteiger partial charge in [-0.25, -0.2) is 8.78 Å². The summed E-state index contributed by atoms with van der Waals surface area (Å²) in [6.45, 7) is 2.08. The van der Waals surface area contributed by atoms with E-state index in [-0.39, 0.29) is 19.0 Å². The smallest absolute Gasteiger partial charge is 0.305 e. The molecule has 1 saturated carbocycles. The monoisotopic (exact) mass is 402 g/mol. The van der Waals surface area contributed by atoms with Gasteiger partial charge in [0.1, 0.15) is 0 Å². The van der Waals surface area contributed by atoms with E-state index in [1.54, 1.807) is 6.92 Å². The third-order valence-corrected chi connectivity index (χ3v) is 5.33. The van der Waals surface area contributed by atoms with Gasteiger partial charge in [0, 0.05) is 6.42 Å². The molecule has 5 heteroatoms. The van der Waals surface area contributed by atoms with Crippen LogP contribution in [0.4, 0.5) is 8.78 Å². The van der Waals surface area contributed by atoms with Crippen LogP contribution in [0.2, 0.25) is 0 Å². The number of carbonyl (C=O) groups is 1. The first kappa shape index (κ1) is 21.3. The SMILES string of the molecule is CCOC(=O)CCCOc1c(F)cc(-c2cccc(CC3CCCC3)c2)cc1F. The minimum Gasteiger partial charge on any atom is -0.488 e. The second-order valence-corrected chi connectivity index (χ2v) is 7.58. The molecule has 0 saturated heterocycles. The summed E-state index contributed by atoms with van der Waals surface area (Å²) in [5, 5.41) is 0. The molecule has 29 heavy (non-hydrogen) atoms. The van der Waals surface area contributed by atoms with E-state index in [2.05, 4.69) is 6.07 Å². The Morgan fingerprint density at radius 2 is 1.79 bits per heavy atom. The molecule has 0 spiro atoms. The Morgan fingerprint density at radius 3 is 2.48 bits per heavy atom. The molecule has 2 aromatic carbocycles. The number of esters is 1. The third-order valence-electron chi connectivity index (χ3n) is 5.33. The van der Waals surface area contributed by atoms with Crippen molar-refractivity contribution in [3.05, 3.63) is 53.6 Å². The maximum atomic E-state index is 14.5. The molecule has 0 aromatic heterocycles. The molecule has 1 fully saturated rings. The van der Waals surface area contributed by atoms with Gasteiger partial charge in [-0.2, -0.15) is 0 Å². The largest absolute Gasteiger partial charge is 0.488 e. The molecule has 0 heterocycles. The van der Waals surface area contributed by atoms with Crippen LogP contribution in [-0.2, 0) is 16.0 Å². The Morgan fingerprint density at radius 1 is 1.07 bits per heavy atom. The average Bonchev–Trinajstić information content (AvgIpc) is 3.20. The zero-order chi connectivity index (χ0) is 20.6. The molecule has 2 aromatic rings. The minimum atomic E-state index is -0.739. The number of benzene rings is 2. The molecular formula is C24H28F2O3. The van der Waals surface area contributed by atoms with Gasteiger partial charge in [0.2, 0.25) is 0 Å². The van der Waals surface area contributed by atoms with Gasteiger partial charge in [-0.05, 0) is 54.5 Å². The first-order valence-corrected chi connectivity index (χ1v) is 10.4. The number of ether oxygens (including phenoxy) is 2. The molecule has 0 atom stereocenters. The molecule has 3 rings (SSSR count). The van der Waals surface area contributed by atoms with Crippen LogP contribution in [-0.4, -0.2) is 19.2 Å². The topological polar surface area (TPSA) is 35.5 Å². The molecule has 0 unspecified atom stereocenters. The highest BCUT2D eigenvalue weighted by molar-refractivity contribution is 5.69. The summed E-state index contributed by atoms with van der Waals surface area (Å²) in [6, 6.07) is 10.5. The first-order chi connectivity index (χ1) is 14.1. The number of rotatable bonds is 9. The van der Waals surface area contributed by atoms with Gasteiger partial charge in [-0.3, -0.25) is 4.79 Å². The summed E-state index contributed by atoms with van der Waals surface area (Å²) in [6.07, 6.45) is 6.61. The first-order valence-electron chi connectivity index (χ1n) is 10.4.